The van der Waals surface area contributed by atoms with Crippen LogP contribution in [0.5, 0.6) is 0 Å². The van der Waals surface area contributed by atoms with Crippen LogP contribution in [0.2, 0.25) is 0 Å². The number of aromatic nitrogens is 2. The number of rotatable bonds is 4. The highest BCUT2D eigenvalue weighted by molar-refractivity contribution is 9.10. The van der Waals surface area contributed by atoms with Gasteiger partial charge in [-0.3, -0.25) is 0 Å². The van der Waals surface area contributed by atoms with Gasteiger partial charge in [0.05, 0.1) is 5.69 Å². The molecule has 0 aliphatic heterocycles. The standard InChI is InChI=1S/C16H16BrN3.ClH/c1-12-4-2-3-5-13(12)8-18-9-15-11-20-10-14(17)6-7-16(20)19-15;/h2-7,10-11,18H,8-9H2,1H3;1H. The Kier molecular flexibility index (Phi) is 5.39. The van der Waals surface area contributed by atoms with E-state index in [1.165, 1.54) is 11.1 Å². The molecular formula is C16H17BrClN3. The minimum atomic E-state index is 0. The van der Waals surface area contributed by atoms with Crippen LogP contribution < -0.4 is 5.32 Å². The Morgan fingerprint density at radius 3 is 2.71 bits per heavy atom. The van der Waals surface area contributed by atoms with Crippen LogP contribution in [0.1, 0.15) is 16.8 Å². The van der Waals surface area contributed by atoms with Crippen LogP contribution in [0, 0.1) is 6.92 Å². The van der Waals surface area contributed by atoms with Crippen LogP contribution in [0.4, 0.5) is 0 Å². The summed E-state index contributed by atoms with van der Waals surface area (Å²) in [7, 11) is 0. The minimum Gasteiger partial charge on any atom is -0.307 e. The van der Waals surface area contributed by atoms with Crippen molar-refractivity contribution in [3.8, 4) is 0 Å². The molecule has 0 radical (unpaired) electrons. The number of halogens is 2. The summed E-state index contributed by atoms with van der Waals surface area (Å²) in [6, 6.07) is 12.5. The topological polar surface area (TPSA) is 29.3 Å². The largest absolute Gasteiger partial charge is 0.307 e. The lowest BCUT2D eigenvalue weighted by Gasteiger charge is -2.05. The second kappa shape index (κ2) is 7.07. The fourth-order valence-electron chi connectivity index (χ4n) is 2.24. The van der Waals surface area contributed by atoms with E-state index in [9.17, 15) is 0 Å². The number of pyridine rings is 1. The minimum absolute atomic E-state index is 0. The van der Waals surface area contributed by atoms with Crippen molar-refractivity contribution in [1.82, 2.24) is 14.7 Å². The summed E-state index contributed by atoms with van der Waals surface area (Å²) in [5.41, 5.74) is 4.68. The zero-order valence-corrected chi connectivity index (χ0v) is 14.1. The van der Waals surface area contributed by atoms with Gasteiger partial charge in [-0.05, 0) is 46.1 Å². The molecule has 0 unspecified atom stereocenters. The van der Waals surface area contributed by atoms with Crippen molar-refractivity contribution < 1.29 is 0 Å². The zero-order valence-electron chi connectivity index (χ0n) is 11.7. The van der Waals surface area contributed by atoms with Gasteiger partial charge in [0, 0.05) is 30.0 Å². The van der Waals surface area contributed by atoms with Gasteiger partial charge in [-0.25, -0.2) is 4.98 Å². The maximum atomic E-state index is 4.59. The lowest BCUT2D eigenvalue weighted by molar-refractivity contribution is 0.680. The Morgan fingerprint density at radius 1 is 1.10 bits per heavy atom. The van der Waals surface area contributed by atoms with Crippen LogP contribution in [0.25, 0.3) is 5.65 Å². The highest BCUT2D eigenvalue weighted by Crippen LogP contribution is 2.12. The van der Waals surface area contributed by atoms with Gasteiger partial charge in [-0.2, -0.15) is 0 Å². The summed E-state index contributed by atoms with van der Waals surface area (Å²) < 4.78 is 3.09. The van der Waals surface area contributed by atoms with Crippen molar-refractivity contribution in [3.05, 3.63) is 70.1 Å². The summed E-state index contributed by atoms with van der Waals surface area (Å²) in [6.07, 6.45) is 4.08. The van der Waals surface area contributed by atoms with Crippen LogP contribution in [0.3, 0.4) is 0 Å². The molecule has 0 amide bonds. The third-order valence-corrected chi connectivity index (χ3v) is 3.82. The summed E-state index contributed by atoms with van der Waals surface area (Å²) in [5, 5.41) is 3.45. The number of nitrogens with one attached hydrogen (secondary N) is 1. The maximum Gasteiger partial charge on any atom is 0.137 e. The van der Waals surface area contributed by atoms with E-state index in [0.29, 0.717) is 0 Å². The first-order valence-electron chi connectivity index (χ1n) is 6.61. The Labute approximate surface area is 138 Å². The van der Waals surface area contributed by atoms with Gasteiger partial charge in [0.15, 0.2) is 0 Å². The van der Waals surface area contributed by atoms with Gasteiger partial charge in [-0.15, -0.1) is 12.4 Å². The average molecular weight is 367 g/mol. The SMILES string of the molecule is Cc1ccccc1CNCc1cn2cc(Br)ccc2n1.Cl. The molecule has 1 aromatic carbocycles. The molecule has 0 aliphatic rings. The van der Waals surface area contributed by atoms with E-state index in [4.69, 9.17) is 0 Å². The fraction of sp³-hybridized carbons (Fsp3) is 0.188. The van der Waals surface area contributed by atoms with Crippen molar-refractivity contribution in [3.63, 3.8) is 0 Å². The molecule has 0 atom stereocenters. The molecule has 1 N–H and O–H groups in total. The molecule has 2 heterocycles. The van der Waals surface area contributed by atoms with Gasteiger partial charge in [0.25, 0.3) is 0 Å². The van der Waals surface area contributed by atoms with Gasteiger partial charge < -0.3 is 9.72 Å². The number of hydrogen-bond donors (Lipinski definition) is 1. The van der Waals surface area contributed by atoms with Gasteiger partial charge in [0.1, 0.15) is 5.65 Å². The monoisotopic (exact) mass is 365 g/mol. The molecule has 0 fully saturated rings. The van der Waals surface area contributed by atoms with Crippen molar-refractivity contribution in [2.45, 2.75) is 20.0 Å². The molecule has 0 saturated carbocycles. The van der Waals surface area contributed by atoms with Crippen LogP contribution in [0.15, 0.2) is 53.3 Å². The lowest BCUT2D eigenvalue weighted by atomic mass is 10.1. The van der Waals surface area contributed by atoms with Gasteiger partial charge in [0.2, 0.25) is 0 Å². The number of aryl methyl sites for hydroxylation is 1. The molecule has 21 heavy (non-hydrogen) atoms. The normalized spacial score (nSPS) is 10.6. The number of benzene rings is 1. The molecule has 0 aliphatic carbocycles. The third-order valence-electron chi connectivity index (χ3n) is 3.35. The molecular weight excluding hydrogens is 350 g/mol. The van der Waals surface area contributed by atoms with Crippen molar-refractivity contribution in [2.24, 2.45) is 0 Å². The Hall–Kier alpha value is -1.36. The van der Waals surface area contributed by atoms with Crippen LogP contribution >= 0.6 is 28.3 Å². The molecule has 110 valence electrons. The molecule has 3 nitrogen and oxygen atoms in total. The first-order chi connectivity index (χ1) is 9.72. The summed E-state index contributed by atoms with van der Waals surface area (Å²) in [6.45, 7) is 3.78. The van der Waals surface area contributed by atoms with Crippen molar-refractivity contribution in [1.29, 1.82) is 0 Å². The number of imidazole rings is 1. The van der Waals surface area contributed by atoms with Crippen molar-refractivity contribution >= 4 is 34.0 Å². The molecule has 0 spiro atoms. The second-order valence-corrected chi connectivity index (χ2v) is 5.79. The Morgan fingerprint density at radius 2 is 1.90 bits per heavy atom. The molecule has 3 aromatic rings. The summed E-state index contributed by atoms with van der Waals surface area (Å²) >= 11 is 3.47. The van der Waals surface area contributed by atoms with Crippen molar-refractivity contribution in [2.75, 3.05) is 0 Å². The summed E-state index contributed by atoms with van der Waals surface area (Å²) in [5.74, 6) is 0. The Bertz CT molecular complexity index is 739. The smallest absolute Gasteiger partial charge is 0.137 e. The highest BCUT2D eigenvalue weighted by atomic mass is 79.9. The van der Waals surface area contributed by atoms with E-state index < -0.39 is 0 Å². The molecule has 5 heteroatoms. The van der Waals surface area contributed by atoms with E-state index in [1.54, 1.807) is 0 Å². The summed E-state index contributed by atoms with van der Waals surface area (Å²) in [4.78, 5) is 4.59. The average Bonchev–Trinajstić information content (AvgIpc) is 2.83. The van der Waals surface area contributed by atoms with E-state index in [0.717, 1.165) is 28.9 Å². The van der Waals surface area contributed by atoms with Crippen LogP contribution in [-0.2, 0) is 13.1 Å². The van der Waals surface area contributed by atoms with E-state index in [1.807, 2.05) is 22.7 Å². The highest BCUT2D eigenvalue weighted by Gasteiger charge is 2.02. The first kappa shape index (κ1) is 16.0. The predicted molar refractivity (Wildman–Crippen MR) is 91.9 cm³/mol. The molecule has 0 bridgehead atoms. The second-order valence-electron chi connectivity index (χ2n) is 4.88. The Balaban J connectivity index is 0.00000161. The van der Waals surface area contributed by atoms with E-state index in [2.05, 4.69) is 63.6 Å². The maximum absolute atomic E-state index is 4.59. The third kappa shape index (κ3) is 3.84. The fourth-order valence-corrected chi connectivity index (χ4v) is 2.59. The number of nitrogens with zero attached hydrogens (tertiary/aromatic N) is 2. The molecule has 3 rings (SSSR count). The molecule has 0 saturated heterocycles. The number of fused-ring (bicyclic) bond motifs is 1. The lowest BCUT2D eigenvalue weighted by Crippen LogP contribution is -2.13. The molecule has 2 aromatic heterocycles. The quantitative estimate of drug-likeness (QED) is 0.752. The van der Waals surface area contributed by atoms with Gasteiger partial charge in [-0.1, -0.05) is 24.3 Å². The van der Waals surface area contributed by atoms with E-state index in [-0.39, 0.29) is 12.4 Å². The van der Waals surface area contributed by atoms with Gasteiger partial charge >= 0.3 is 0 Å². The van der Waals surface area contributed by atoms with E-state index >= 15 is 0 Å². The first-order valence-corrected chi connectivity index (χ1v) is 7.40. The number of hydrogen-bond acceptors (Lipinski definition) is 2. The zero-order chi connectivity index (χ0) is 13.9. The predicted octanol–water partition coefficient (Wildman–Crippen LogP) is 4.12. The van der Waals surface area contributed by atoms with Crippen LogP contribution in [-0.4, -0.2) is 9.38 Å².